The monoisotopic (exact) mass is 322 g/mol. The number of nitrogens with zero attached hydrogens (tertiary/aromatic N) is 2. The van der Waals surface area contributed by atoms with Gasteiger partial charge in [-0.1, -0.05) is 15.9 Å². The van der Waals surface area contributed by atoms with Crippen LogP contribution in [0.5, 0.6) is 11.6 Å². The van der Waals surface area contributed by atoms with E-state index in [9.17, 15) is 10.1 Å². The summed E-state index contributed by atoms with van der Waals surface area (Å²) in [5.41, 5.74) is 1.54. The zero-order chi connectivity index (χ0) is 14.0. The van der Waals surface area contributed by atoms with Crippen molar-refractivity contribution in [2.75, 3.05) is 0 Å². The van der Waals surface area contributed by atoms with Gasteiger partial charge in [0.1, 0.15) is 11.9 Å². The van der Waals surface area contributed by atoms with E-state index in [1.165, 1.54) is 6.20 Å². The normalized spacial score (nSPS) is 10.3. The third-order valence-electron chi connectivity index (χ3n) is 2.61. The second kappa shape index (κ2) is 5.36. The number of ether oxygens (including phenoxy) is 1. The molecule has 0 aliphatic heterocycles. The summed E-state index contributed by atoms with van der Waals surface area (Å²) in [6.07, 6.45) is 1.20. The Hall–Kier alpha value is -1.95. The number of nitro groups is 1. The Kier molecular flexibility index (Phi) is 3.80. The molecule has 2 rings (SSSR count). The summed E-state index contributed by atoms with van der Waals surface area (Å²) in [4.78, 5) is 14.2. The van der Waals surface area contributed by atoms with Crippen LogP contribution in [0.3, 0.4) is 0 Å². The predicted molar refractivity (Wildman–Crippen MR) is 74.6 cm³/mol. The number of halogens is 1. The van der Waals surface area contributed by atoms with Crippen LogP contribution in [0.25, 0.3) is 0 Å². The Morgan fingerprint density at radius 3 is 2.58 bits per heavy atom. The van der Waals surface area contributed by atoms with Crippen molar-refractivity contribution < 1.29 is 9.66 Å². The van der Waals surface area contributed by atoms with E-state index >= 15 is 0 Å². The third-order valence-corrected chi connectivity index (χ3v) is 3.50. The molecule has 0 atom stereocenters. The SMILES string of the molecule is Cc1cc(Oc2cc(C)c([N+](=O)[O-])cn2)ccc1Br. The molecule has 6 heteroatoms. The standard InChI is InChI=1S/C13H11BrN2O3/c1-8-5-10(3-4-11(8)14)19-13-6-9(2)12(7-15-13)16(17)18/h3-7H,1-2H3. The molecule has 0 aliphatic carbocycles. The highest BCUT2D eigenvalue weighted by atomic mass is 79.9. The van der Waals surface area contributed by atoms with E-state index in [2.05, 4.69) is 20.9 Å². The molecule has 0 fully saturated rings. The molecule has 0 unspecified atom stereocenters. The van der Waals surface area contributed by atoms with Gasteiger partial charge in [0.05, 0.1) is 4.92 Å². The van der Waals surface area contributed by atoms with Gasteiger partial charge in [-0.3, -0.25) is 10.1 Å². The van der Waals surface area contributed by atoms with Gasteiger partial charge < -0.3 is 4.74 Å². The molecule has 0 N–H and O–H groups in total. The molecule has 2 aromatic rings. The van der Waals surface area contributed by atoms with Crippen LogP contribution in [0, 0.1) is 24.0 Å². The first kappa shape index (κ1) is 13.5. The van der Waals surface area contributed by atoms with E-state index in [-0.39, 0.29) is 5.69 Å². The lowest BCUT2D eigenvalue weighted by molar-refractivity contribution is -0.385. The van der Waals surface area contributed by atoms with Crippen molar-refractivity contribution >= 4 is 21.6 Å². The third kappa shape index (κ3) is 3.08. The molecule has 5 nitrogen and oxygen atoms in total. The number of pyridine rings is 1. The summed E-state index contributed by atoms with van der Waals surface area (Å²) in [5.74, 6) is 0.978. The van der Waals surface area contributed by atoms with Gasteiger partial charge in [0.2, 0.25) is 5.88 Å². The van der Waals surface area contributed by atoms with Crippen LogP contribution in [0.15, 0.2) is 34.9 Å². The Labute approximate surface area is 118 Å². The maximum Gasteiger partial charge on any atom is 0.290 e. The van der Waals surface area contributed by atoms with E-state index in [1.54, 1.807) is 19.1 Å². The van der Waals surface area contributed by atoms with Gasteiger partial charge in [-0.15, -0.1) is 0 Å². The van der Waals surface area contributed by atoms with Crippen molar-refractivity contribution in [3.8, 4) is 11.6 Å². The Morgan fingerprint density at radius 2 is 2.00 bits per heavy atom. The average molecular weight is 323 g/mol. The molecule has 0 amide bonds. The lowest BCUT2D eigenvalue weighted by Crippen LogP contribution is -1.95. The highest BCUT2D eigenvalue weighted by Crippen LogP contribution is 2.27. The van der Waals surface area contributed by atoms with Gasteiger partial charge in [-0.2, -0.15) is 0 Å². The molecule has 1 heterocycles. The summed E-state index contributed by atoms with van der Waals surface area (Å²) in [7, 11) is 0. The van der Waals surface area contributed by atoms with Crippen molar-refractivity contribution in [3.05, 3.63) is 56.2 Å². The van der Waals surface area contributed by atoms with Crippen LogP contribution in [0.1, 0.15) is 11.1 Å². The molecular weight excluding hydrogens is 312 g/mol. The zero-order valence-corrected chi connectivity index (χ0v) is 12.0. The number of benzene rings is 1. The molecule has 0 saturated carbocycles. The Morgan fingerprint density at radius 1 is 1.26 bits per heavy atom. The smallest absolute Gasteiger partial charge is 0.290 e. The van der Waals surface area contributed by atoms with E-state index in [0.29, 0.717) is 17.2 Å². The van der Waals surface area contributed by atoms with Crippen molar-refractivity contribution in [2.24, 2.45) is 0 Å². The highest BCUT2D eigenvalue weighted by molar-refractivity contribution is 9.10. The van der Waals surface area contributed by atoms with Gasteiger partial charge in [0.25, 0.3) is 5.69 Å². The van der Waals surface area contributed by atoms with E-state index in [4.69, 9.17) is 4.74 Å². The Balaban J connectivity index is 2.26. The molecule has 0 aliphatic rings. The highest BCUT2D eigenvalue weighted by Gasteiger charge is 2.12. The van der Waals surface area contributed by atoms with Crippen LogP contribution < -0.4 is 4.74 Å². The molecule has 19 heavy (non-hydrogen) atoms. The molecule has 1 aromatic carbocycles. The largest absolute Gasteiger partial charge is 0.439 e. The fourth-order valence-corrected chi connectivity index (χ4v) is 1.82. The summed E-state index contributed by atoms with van der Waals surface area (Å²) in [5, 5.41) is 10.7. The number of rotatable bonds is 3. The van der Waals surface area contributed by atoms with E-state index in [0.717, 1.165) is 10.0 Å². The van der Waals surface area contributed by atoms with Crippen molar-refractivity contribution in [1.82, 2.24) is 4.98 Å². The molecule has 98 valence electrons. The lowest BCUT2D eigenvalue weighted by atomic mass is 10.2. The fourth-order valence-electron chi connectivity index (χ4n) is 1.57. The van der Waals surface area contributed by atoms with E-state index < -0.39 is 4.92 Å². The van der Waals surface area contributed by atoms with Crippen LogP contribution >= 0.6 is 15.9 Å². The topological polar surface area (TPSA) is 65.3 Å². The quantitative estimate of drug-likeness (QED) is 0.628. The minimum Gasteiger partial charge on any atom is -0.439 e. The fraction of sp³-hybridized carbons (Fsp3) is 0.154. The second-order valence-corrected chi connectivity index (χ2v) is 4.93. The summed E-state index contributed by atoms with van der Waals surface area (Å²) in [6, 6.07) is 7.09. The molecule has 0 saturated heterocycles. The first-order chi connectivity index (χ1) is 8.97. The molecule has 1 aromatic heterocycles. The second-order valence-electron chi connectivity index (χ2n) is 4.08. The number of aryl methyl sites for hydroxylation is 2. The van der Waals surface area contributed by atoms with Gasteiger partial charge in [-0.25, -0.2) is 4.98 Å². The average Bonchev–Trinajstić information content (AvgIpc) is 2.33. The van der Waals surface area contributed by atoms with Gasteiger partial charge in [-0.05, 0) is 37.6 Å². The first-order valence-corrected chi connectivity index (χ1v) is 6.31. The summed E-state index contributed by atoms with van der Waals surface area (Å²) >= 11 is 3.41. The minimum atomic E-state index is -0.462. The predicted octanol–water partition coefficient (Wildman–Crippen LogP) is 4.16. The van der Waals surface area contributed by atoms with Crippen LogP contribution in [-0.2, 0) is 0 Å². The van der Waals surface area contributed by atoms with Crippen molar-refractivity contribution in [2.45, 2.75) is 13.8 Å². The zero-order valence-electron chi connectivity index (χ0n) is 10.4. The summed E-state index contributed by atoms with van der Waals surface area (Å²) < 4.78 is 6.57. The molecule has 0 bridgehead atoms. The van der Waals surface area contributed by atoms with Gasteiger partial charge in [0.15, 0.2) is 0 Å². The number of aromatic nitrogens is 1. The van der Waals surface area contributed by atoms with Crippen LogP contribution in [0.4, 0.5) is 5.69 Å². The molecule has 0 spiro atoms. The van der Waals surface area contributed by atoms with Crippen LogP contribution in [0.2, 0.25) is 0 Å². The number of hydrogen-bond donors (Lipinski definition) is 0. The van der Waals surface area contributed by atoms with Crippen molar-refractivity contribution in [1.29, 1.82) is 0 Å². The molecule has 0 radical (unpaired) electrons. The minimum absolute atomic E-state index is 0.0145. The maximum absolute atomic E-state index is 10.7. The molecular formula is C13H11BrN2O3. The van der Waals surface area contributed by atoms with Crippen LogP contribution in [-0.4, -0.2) is 9.91 Å². The Bertz CT molecular complexity index is 644. The van der Waals surface area contributed by atoms with Gasteiger partial charge >= 0.3 is 0 Å². The first-order valence-electron chi connectivity index (χ1n) is 5.52. The number of hydrogen-bond acceptors (Lipinski definition) is 4. The lowest BCUT2D eigenvalue weighted by Gasteiger charge is -2.07. The van der Waals surface area contributed by atoms with Gasteiger partial charge in [0, 0.05) is 16.1 Å². The summed E-state index contributed by atoms with van der Waals surface area (Å²) in [6.45, 7) is 3.60. The van der Waals surface area contributed by atoms with Crippen molar-refractivity contribution in [3.63, 3.8) is 0 Å². The maximum atomic E-state index is 10.7. The van der Waals surface area contributed by atoms with E-state index in [1.807, 2.05) is 19.1 Å².